The van der Waals surface area contributed by atoms with Gasteiger partial charge in [-0.2, -0.15) is 26.3 Å². The molecule has 4 amide bonds. The van der Waals surface area contributed by atoms with Gasteiger partial charge in [0.15, 0.2) is 36.3 Å². The quantitative estimate of drug-likeness (QED) is 0.0162. The molecule has 28 heteroatoms. The number of hydrogen-bond acceptors (Lipinski definition) is 12. The van der Waals surface area contributed by atoms with Gasteiger partial charge < -0.3 is 57.4 Å². The van der Waals surface area contributed by atoms with E-state index in [1.807, 2.05) is 0 Å². The summed E-state index contributed by atoms with van der Waals surface area (Å²) in [6.45, 7) is 2.10. The van der Waals surface area contributed by atoms with Crippen molar-refractivity contribution in [3.05, 3.63) is 91.0 Å². The number of unbranched alkanes of at least 4 members (excludes halogenated alkanes) is 9. The van der Waals surface area contributed by atoms with Crippen LogP contribution in [0.2, 0.25) is 0 Å². The van der Waals surface area contributed by atoms with Crippen LogP contribution in [0.3, 0.4) is 0 Å². The van der Waals surface area contributed by atoms with E-state index in [1.165, 1.54) is 32.1 Å². The fraction of sp³-hybridized carbons (Fsp3) is 0.447. The van der Waals surface area contributed by atoms with Crippen LogP contribution >= 0.6 is 0 Å². The Bertz CT molecular complexity index is 2250. The second-order valence-corrected chi connectivity index (χ2v) is 16.1. The number of carbonyl (C=O) groups excluding carboxylic acids is 4. The Hall–Kier alpha value is -8.04. The van der Waals surface area contributed by atoms with Crippen LogP contribution in [0.25, 0.3) is 0 Å². The summed E-state index contributed by atoms with van der Waals surface area (Å²) in [7, 11) is 0. The van der Waals surface area contributed by atoms with E-state index in [9.17, 15) is 45.5 Å². The molecule has 0 saturated carbocycles. The molecule has 0 aliphatic carbocycles. The minimum atomic E-state index is -5.08. The molecule has 3 aromatic rings. The van der Waals surface area contributed by atoms with Crippen LogP contribution in [0.1, 0.15) is 71.1 Å². The summed E-state index contributed by atoms with van der Waals surface area (Å²) < 4.78 is 87.9. The average Bonchev–Trinajstić information content (AvgIpc) is 3.33. The molecule has 0 radical (unpaired) electrons. The molecule has 75 heavy (non-hydrogen) atoms. The van der Waals surface area contributed by atoms with Gasteiger partial charge in [-0.15, -0.1) is 0 Å². The zero-order chi connectivity index (χ0) is 56.0. The number of carbonyl (C=O) groups is 6. The van der Waals surface area contributed by atoms with E-state index in [-0.39, 0.29) is 19.0 Å². The van der Waals surface area contributed by atoms with E-state index in [1.54, 1.807) is 91.0 Å². The maximum Gasteiger partial charge on any atom is 0.490 e. The third-order valence-corrected chi connectivity index (χ3v) is 10.1. The second-order valence-electron chi connectivity index (χ2n) is 16.1. The highest BCUT2D eigenvalue weighted by molar-refractivity contribution is 5.88. The summed E-state index contributed by atoms with van der Waals surface area (Å²) in [5, 5.41) is 25.0. The molecule has 4 rings (SSSR count). The van der Waals surface area contributed by atoms with Crippen LogP contribution in [-0.2, 0) is 33.3 Å². The Morgan fingerprint density at radius 3 is 1.29 bits per heavy atom. The van der Waals surface area contributed by atoms with Crippen molar-refractivity contribution < 1.29 is 84.3 Å². The number of para-hydroxylation sites is 3. The molecule has 1 aliphatic rings. The Balaban J connectivity index is 0.00000120. The summed E-state index contributed by atoms with van der Waals surface area (Å²) >= 11 is 0. The molecule has 1 fully saturated rings. The summed E-state index contributed by atoms with van der Waals surface area (Å²) in [4.78, 5) is 81.2. The van der Waals surface area contributed by atoms with E-state index in [0.29, 0.717) is 23.5 Å². The molecule has 14 N–H and O–H groups in total. The van der Waals surface area contributed by atoms with Crippen molar-refractivity contribution in [3.63, 3.8) is 0 Å². The number of carboxylic acids is 2. The van der Waals surface area contributed by atoms with E-state index in [0.717, 1.165) is 25.7 Å². The van der Waals surface area contributed by atoms with Crippen LogP contribution in [0.4, 0.5) is 57.8 Å². The van der Waals surface area contributed by atoms with Crippen LogP contribution in [0.5, 0.6) is 0 Å². The molecule has 1 aliphatic heterocycles. The summed E-state index contributed by atoms with van der Waals surface area (Å²) in [6, 6.07) is 23.6. The smallest absolute Gasteiger partial charge is 0.475 e. The van der Waals surface area contributed by atoms with Gasteiger partial charge in [-0.05, 0) is 42.8 Å². The number of nitrogens with one attached hydrogen (secondary N) is 4. The van der Waals surface area contributed by atoms with Gasteiger partial charge in [-0.3, -0.25) is 25.7 Å². The van der Waals surface area contributed by atoms with Crippen LogP contribution in [0, 0.1) is 0 Å². The van der Waals surface area contributed by atoms with Gasteiger partial charge >= 0.3 is 42.6 Å². The summed E-state index contributed by atoms with van der Waals surface area (Å²) in [6.07, 6.45) is -10.2. The van der Waals surface area contributed by atoms with Gasteiger partial charge in [0.1, 0.15) is 12.2 Å². The van der Waals surface area contributed by atoms with Crippen molar-refractivity contribution >= 4 is 65.1 Å². The number of ether oxygens (including phenoxy) is 4. The van der Waals surface area contributed by atoms with Crippen molar-refractivity contribution in [2.75, 3.05) is 29.0 Å². The number of aliphatic imine (C=N–C) groups is 2. The molecule has 0 aromatic heterocycles. The second kappa shape index (κ2) is 32.9. The van der Waals surface area contributed by atoms with Crippen molar-refractivity contribution in [1.82, 2.24) is 5.32 Å². The van der Waals surface area contributed by atoms with E-state index >= 15 is 0 Å². The van der Waals surface area contributed by atoms with Gasteiger partial charge in [-0.1, -0.05) is 119 Å². The number of amides is 4. The first kappa shape index (κ1) is 63.1. The number of nitrogens with two attached hydrogens (primary N) is 4. The number of guanidine groups is 2. The average molecular weight is 1070 g/mol. The Morgan fingerprint density at radius 1 is 0.573 bits per heavy atom. The fourth-order valence-corrected chi connectivity index (χ4v) is 6.70. The molecular weight excluding hydrogens is 1010 g/mol. The number of nitrogens with zero attached hydrogens (tertiary/aromatic N) is 2. The summed E-state index contributed by atoms with van der Waals surface area (Å²) in [5.74, 6) is -7.03. The molecule has 1 saturated heterocycles. The zero-order valence-electron chi connectivity index (χ0n) is 40.6. The lowest BCUT2D eigenvalue weighted by molar-refractivity contribution is -0.219. The molecule has 3 aromatic carbocycles. The number of alkyl halides is 6. The number of hydrogen-bond donors (Lipinski definition) is 10. The van der Waals surface area contributed by atoms with Crippen LogP contribution in [-0.4, -0.2) is 120 Å². The highest BCUT2D eigenvalue weighted by Crippen LogP contribution is 2.33. The van der Waals surface area contributed by atoms with E-state index in [2.05, 4.69) is 38.2 Å². The Labute approximate surface area is 426 Å². The largest absolute Gasteiger partial charge is 0.490 e. The first-order valence-corrected chi connectivity index (χ1v) is 23.2. The van der Waals surface area contributed by atoms with E-state index < -0.39 is 91.0 Å². The molecule has 6 atom stereocenters. The lowest BCUT2D eigenvalue weighted by Crippen LogP contribution is -2.66. The van der Waals surface area contributed by atoms with Gasteiger partial charge in [0, 0.05) is 23.6 Å². The maximum atomic E-state index is 14.1. The van der Waals surface area contributed by atoms with Crippen molar-refractivity contribution in [1.29, 1.82) is 0 Å². The van der Waals surface area contributed by atoms with Gasteiger partial charge in [0.25, 0.3) is 0 Å². The molecule has 0 spiro atoms. The SMILES string of the molecule is CCCCCCCCCCCCNC(=O)[C@H](N=C(N)N)[C@@H]1O[C@H](CN=C(N)N)[C@@H](OC(=O)Nc2ccccc2)[C@H](OC(=O)Nc2ccccc2)[C@H]1OC(=O)Nc1ccccc1.O=C(O)C(F)(F)F.O=C(O)C(F)(F)F. The number of anilines is 3. The summed E-state index contributed by atoms with van der Waals surface area (Å²) in [5.41, 5.74) is 24.3. The standard InChI is InChI=1S/C43H60N10O8.2C2HF3O2/c1-2-3-4-5-6-7-8-9-10-20-27-48-38(54)33(53-40(46)47)35-37(61-43(57)52-31-25-18-13-19-26-31)36(60-42(56)51-30-23-16-12-17-24-30)34(32(58-35)28-49-39(44)45)59-41(55)50-29-21-14-11-15-22-29;2*3-2(4,5)1(6)7/h11-19,21-26,32-37H,2-10,20,27-28H2,1H3,(H,48,54)(H,50,55)(H,51,56)(H,52,57)(H4,44,45,49)(H4,46,47,53);2*(H,6,7)/t32-,33-,34-,35+,36+,37+;;/m1../s1. The minimum Gasteiger partial charge on any atom is -0.475 e. The molecule has 22 nitrogen and oxygen atoms in total. The predicted molar refractivity (Wildman–Crippen MR) is 262 cm³/mol. The lowest BCUT2D eigenvalue weighted by atomic mass is 9.90. The number of benzene rings is 3. The Kier molecular flexibility index (Phi) is 27.7. The third kappa shape index (κ3) is 26.0. The highest BCUT2D eigenvalue weighted by Gasteiger charge is 2.56. The number of halogens is 6. The molecule has 0 unspecified atom stereocenters. The maximum absolute atomic E-state index is 14.1. The number of rotatable bonds is 22. The topological polar surface area (TPSA) is 357 Å². The van der Waals surface area contributed by atoms with Crippen LogP contribution < -0.4 is 44.2 Å². The molecule has 1 heterocycles. The predicted octanol–water partition coefficient (Wildman–Crippen LogP) is 6.82. The third-order valence-electron chi connectivity index (χ3n) is 10.1. The normalized spacial score (nSPS) is 17.2. The zero-order valence-corrected chi connectivity index (χ0v) is 40.6. The highest BCUT2D eigenvalue weighted by atomic mass is 19.4. The molecule has 0 bridgehead atoms. The monoisotopic (exact) mass is 1070 g/mol. The van der Waals surface area contributed by atoms with Crippen molar-refractivity contribution in [3.8, 4) is 0 Å². The van der Waals surface area contributed by atoms with Gasteiger partial charge in [0.05, 0.1) is 6.54 Å². The fourth-order valence-electron chi connectivity index (χ4n) is 6.70. The lowest BCUT2D eigenvalue weighted by Gasteiger charge is -2.45. The van der Waals surface area contributed by atoms with Gasteiger partial charge in [-0.25, -0.2) is 29.0 Å². The van der Waals surface area contributed by atoms with Crippen molar-refractivity contribution in [2.24, 2.45) is 32.9 Å². The van der Waals surface area contributed by atoms with Crippen molar-refractivity contribution in [2.45, 2.75) is 120 Å². The Morgan fingerprint density at radius 2 is 0.933 bits per heavy atom. The minimum absolute atomic E-state index is 0.279. The van der Waals surface area contributed by atoms with Gasteiger partial charge in [0.2, 0.25) is 5.91 Å². The van der Waals surface area contributed by atoms with Crippen LogP contribution in [0.15, 0.2) is 101 Å². The first-order valence-electron chi connectivity index (χ1n) is 23.2. The molecule has 414 valence electrons. The van der Waals surface area contributed by atoms with E-state index in [4.69, 9.17) is 61.7 Å². The number of carboxylic acid groups (broad SMARTS) is 2. The molecular formula is C47H62F6N10O12. The number of aliphatic carboxylic acids is 2. The first-order chi connectivity index (χ1) is 35.4.